The zero-order valence-electron chi connectivity index (χ0n) is 17.9. The maximum absolute atomic E-state index is 12.3. The van der Waals surface area contributed by atoms with E-state index in [9.17, 15) is 4.79 Å². The Balaban J connectivity index is 1.53. The predicted molar refractivity (Wildman–Crippen MR) is 125 cm³/mol. The maximum Gasteiger partial charge on any atom is 0.315 e. The van der Waals surface area contributed by atoms with E-state index in [1.807, 2.05) is 42.5 Å². The second kappa shape index (κ2) is 9.04. The number of fused-ring (bicyclic) bond motifs is 3. The number of pyridine rings is 1. The van der Waals surface area contributed by atoms with Crippen LogP contribution in [0.4, 0.5) is 10.6 Å². The molecular formula is C24H28N6O. The lowest BCUT2D eigenvalue weighted by Crippen LogP contribution is -2.36. The van der Waals surface area contributed by atoms with Crippen LogP contribution in [0, 0.1) is 5.92 Å². The molecule has 0 bridgehead atoms. The number of nitrogens with zero attached hydrogens (tertiary/aromatic N) is 3. The number of hydrogen-bond acceptors (Lipinski definition) is 4. The zero-order chi connectivity index (χ0) is 21.8. The number of urea groups is 1. The molecule has 31 heavy (non-hydrogen) atoms. The molecule has 0 fully saturated rings. The summed E-state index contributed by atoms with van der Waals surface area (Å²) in [5.74, 6) is 1.58. The fourth-order valence-electron chi connectivity index (χ4n) is 3.79. The van der Waals surface area contributed by atoms with Gasteiger partial charge in [0.1, 0.15) is 11.3 Å². The number of amides is 2. The number of nitrogens with two attached hydrogens (primary N) is 1. The molecule has 0 radical (unpaired) electrons. The summed E-state index contributed by atoms with van der Waals surface area (Å²) in [6, 6.07) is 17.8. The van der Waals surface area contributed by atoms with Crippen molar-refractivity contribution in [2.24, 2.45) is 5.92 Å². The van der Waals surface area contributed by atoms with E-state index in [-0.39, 0.29) is 6.03 Å². The fraction of sp³-hybridized carbons (Fsp3) is 0.292. The molecule has 4 aromatic rings. The zero-order valence-corrected chi connectivity index (χ0v) is 17.9. The second-order valence-electron chi connectivity index (χ2n) is 8.09. The Morgan fingerprint density at radius 2 is 1.77 bits per heavy atom. The van der Waals surface area contributed by atoms with Gasteiger partial charge in [-0.25, -0.2) is 14.8 Å². The van der Waals surface area contributed by atoms with Gasteiger partial charge in [-0.05, 0) is 24.0 Å². The Bertz CT molecular complexity index is 1200. The van der Waals surface area contributed by atoms with Crippen molar-refractivity contribution in [2.75, 3.05) is 12.3 Å². The van der Waals surface area contributed by atoms with Crippen molar-refractivity contribution in [3.63, 3.8) is 0 Å². The monoisotopic (exact) mass is 416 g/mol. The van der Waals surface area contributed by atoms with Crippen LogP contribution < -0.4 is 16.4 Å². The number of carbonyl (C=O) groups is 1. The Labute approximate surface area is 181 Å². The van der Waals surface area contributed by atoms with Gasteiger partial charge in [0.05, 0.1) is 17.6 Å². The topological polar surface area (TPSA) is 97.9 Å². The first-order valence-corrected chi connectivity index (χ1v) is 10.6. The van der Waals surface area contributed by atoms with Crippen molar-refractivity contribution >= 4 is 33.8 Å². The first-order valence-electron chi connectivity index (χ1n) is 10.6. The van der Waals surface area contributed by atoms with Crippen LogP contribution in [-0.4, -0.2) is 27.1 Å². The SMILES string of the molecule is CC(C)Cn1c(CNC(=O)NCCc2ccccc2)nc2c(N)nc3ccccc3c21. The number of anilines is 1. The third-order valence-electron chi connectivity index (χ3n) is 5.19. The summed E-state index contributed by atoms with van der Waals surface area (Å²) < 4.78 is 2.16. The lowest BCUT2D eigenvalue weighted by molar-refractivity contribution is 0.240. The molecule has 0 aliphatic heterocycles. The minimum absolute atomic E-state index is 0.213. The summed E-state index contributed by atoms with van der Waals surface area (Å²) in [5, 5.41) is 6.86. The van der Waals surface area contributed by atoms with Crippen molar-refractivity contribution < 1.29 is 4.79 Å². The average molecular weight is 417 g/mol. The molecule has 2 amide bonds. The van der Waals surface area contributed by atoms with E-state index in [0.29, 0.717) is 30.3 Å². The highest BCUT2D eigenvalue weighted by Crippen LogP contribution is 2.29. The summed E-state index contributed by atoms with van der Waals surface area (Å²) in [6.07, 6.45) is 0.786. The Morgan fingerprint density at radius 3 is 2.55 bits per heavy atom. The van der Waals surface area contributed by atoms with E-state index >= 15 is 0 Å². The average Bonchev–Trinajstić information content (AvgIpc) is 3.12. The number of nitrogens with one attached hydrogen (secondary N) is 2. The molecule has 160 valence electrons. The molecule has 4 rings (SSSR count). The van der Waals surface area contributed by atoms with E-state index in [2.05, 4.69) is 46.2 Å². The largest absolute Gasteiger partial charge is 0.382 e. The third kappa shape index (κ3) is 4.60. The van der Waals surface area contributed by atoms with Crippen LogP contribution in [0.25, 0.3) is 21.9 Å². The number of hydrogen-bond donors (Lipinski definition) is 3. The van der Waals surface area contributed by atoms with Gasteiger partial charge < -0.3 is 20.9 Å². The molecule has 0 spiro atoms. The fourth-order valence-corrected chi connectivity index (χ4v) is 3.79. The number of para-hydroxylation sites is 1. The van der Waals surface area contributed by atoms with Crippen LogP contribution >= 0.6 is 0 Å². The van der Waals surface area contributed by atoms with Crippen molar-refractivity contribution in [3.05, 3.63) is 66.0 Å². The van der Waals surface area contributed by atoms with E-state index in [0.717, 1.165) is 35.2 Å². The normalized spacial score (nSPS) is 11.3. The molecule has 2 aromatic heterocycles. The van der Waals surface area contributed by atoms with Crippen LogP contribution in [0.3, 0.4) is 0 Å². The molecule has 0 aliphatic rings. The Kier molecular flexibility index (Phi) is 6.02. The van der Waals surface area contributed by atoms with Gasteiger partial charge in [-0.2, -0.15) is 0 Å². The highest BCUT2D eigenvalue weighted by molar-refractivity contribution is 6.06. The molecule has 7 heteroatoms. The van der Waals surface area contributed by atoms with Gasteiger partial charge in [0.2, 0.25) is 0 Å². The number of benzene rings is 2. The summed E-state index contributed by atoms with van der Waals surface area (Å²) in [4.78, 5) is 21.6. The summed E-state index contributed by atoms with van der Waals surface area (Å²) in [6.45, 7) is 5.97. The standard InChI is InChI=1S/C24H28N6O/c1-16(2)15-30-20(14-27-24(31)26-13-12-17-8-4-3-5-9-17)29-21-22(30)18-10-6-7-11-19(18)28-23(21)25/h3-11,16H,12-15H2,1-2H3,(H2,25,28)(H2,26,27,31). The lowest BCUT2D eigenvalue weighted by Gasteiger charge is -2.14. The third-order valence-corrected chi connectivity index (χ3v) is 5.19. The number of rotatable bonds is 7. The van der Waals surface area contributed by atoms with Crippen molar-refractivity contribution in [1.82, 2.24) is 25.2 Å². The molecule has 0 aliphatic carbocycles. The highest BCUT2D eigenvalue weighted by atomic mass is 16.2. The Hall–Kier alpha value is -3.61. The molecule has 0 saturated carbocycles. The minimum atomic E-state index is -0.213. The molecule has 0 atom stereocenters. The van der Waals surface area contributed by atoms with E-state index in [1.54, 1.807) is 0 Å². The van der Waals surface area contributed by atoms with Crippen molar-refractivity contribution in [3.8, 4) is 0 Å². The van der Waals surface area contributed by atoms with Crippen LogP contribution in [0.15, 0.2) is 54.6 Å². The van der Waals surface area contributed by atoms with Gasteiger partial charge in [-0.3, -0.25) is 0 Å². The van der Waals surface area contributed by atoms with E-state index < -0.39 is 0 Å². The van der Waals surface area contributed by atoms with Gasteiger partial charge in [0.15, 0.2) is 5.82 Å². The molecule has 0 unspecified atom stereocenters. The van der Waals surface area contributed by atoms with Gasteiger partial charge >= 0.3 is 6.03 Å². The second-order valence-corrected chi connectivity index (χ2v) is 8.09. The molecular weight excluding hydrogens is 388 g/mol. The predicted octanol–water partition coefficient (Wildman–Crippen LogP) is 3.86. The van der Waals surface area contributed by atoms with Crippen LogP contribution in [-0.2, 0) is 19.5 Å². The first-order chi connectivity index (χ1) is 15.0. The molecule has 2 aromatic carbocycles. The molecule has 2 heterocycles. The lowest BCUT2D eigenvalue weighted by atomic mass is 10.1. The van der Waals surface area contributed by atoms with Crippen LogP contribution in [0.5, 0.6) is 0 Å². The van der Waals surface area contributed by atoms with Gasteiger partial charge in [-0.1, -0.05) is 62.4 Å². The summed E-state index contributed by atoms with van der Waals surface area (Å²) >= 11 is 0. The molecule has 7 nitrogen and oxygen atoms in total. The first kappa shape index (κ1) is 20.7. The molecule has 0 saturated heterocycles. The number of nitrogen functional groups attached to an aromatic ring is 1. The van der Waals surface area contributed by atoms with Crippen molar-refractivity contribution in [2.45, 2.75) is 33.4 Å². The number of aromatic nitrogens is 3. The van der Waals surface area contributed by atoms with Gasteiger partial charge in [0, 0.05) is 18.5 Å². The summed E-state index contributed by atoms with van der Waals surface area (Å²) in [7, 11) is 0. The smallest absolute Gasteiger partial charge is 0.315 e. The minimum Gasteiger partial charge on any atom is -0.382 e. The van der Waals surface area contributed by atoms with E-state index in [1.165, 1.54) is 5.56 Å². The van der Waals surface area contributed by atoms with Gasteiger partial charge in [0.25, 0.3) is 0 Å². The van der Waals surface area contributed by atoms with Crippen molar-refractivity contribution in [1.29, 1.82) is 0 Å². The number of imidazole rings is 1. The quantitative estimate of drug-likeness (QED) is 0.426. The summed E-state index contributed by atoms with van der Waals surface area (Å²) in [5.41, 5.74) is 9.91. The highest BCUT2D eigenvalue weighted by Gasteiger charge is 2.18. The van der Waals surface area contributed by atoms with Crippen LogP contribution in [0.2, 0.25) is 0 Å². The Morgan fingerprint density at radius 1 is 1.03 bits per heavy atom. The van der Waals surface area contributed by atoms with E-state index in [4.69, 9.17) is 10.7 Å². The van der Waals surface area contributed by atoms with Gasteiger partial charge in [-0.15, -0.1) is 0 Å². The van der Waals surface area contributed by atoms with Crippen LogP contribution in [0.1, 0.15) is 25.2 Å². The number of carbonyl (C=O) groups excluding carboxylic acids is 1. The molecule has 4 N–H and O–H groups in total. The maximum atomic E-state index is 12.3.